The Morgan fingerprint density at radius 1 is 1.04 bits per heavy atom. The van der Waals surface area contributed by atoms with Crippen molar-refractivity contribution < 1.29 is 18.0 Å². The molecule has 0 unspecified atom stereocenters. The number of benzene rings is 2. The zero-order valence-electron chi connectivity index (χ0n) is 14.7. The number of halogens is 3. The highest BCUT2D eigenvalue weighted by Gasteiger charge is 2.30. The summed E-state index contributed by atoms with van der Waals surface area (Å²) in [5, 5.41) is 2.46. The molecule has 0 spiro atoms. The van der Waals surface area contributed by atoms with Crippen LogP contribution in [0.2, 0.25) is 0 Å². The van der Waals surface area contributed by atoms with Crippen LogP contribution in [0.5, 0.6) is 0 Å². The zero-order chi connectivity index (χ0) is 19.7. The number of para-hydroxylation sites is 1. The lowest BCUT2D eigenvalue weighted by molar-refractivity contribution is -0.137. The largest absolute Gasteiger partial charge is 0.416 e. The maximum Gasteiger partial charge on any atom is 0.416 e. The number of nitrogens with one attached hydrogen (secondary N) is 1. The minimum atomic E-state index is -4.47. The molecular formula is C21H16F3N3O. The molecule has 1 aliphatic heterocycles. The van der Waals surface area contributed by atoms with Gasteiger partial charge in [-0.25, -0.2) is 4.98 Å². The Morgan fingerprint density at radius 3 is 2.61 bits per heavy atom. The van der Waals surface area contributed by atoms with Gasteiger partial charge in [0.2, 0.25) is 0 Å². The molecule has 1 aromatic heterocycles. The van der Waals surface area contributed by atoms with Gasteiger partial charge in [-0.1, -0.05) is 24.3 Å². The highest BCUT2D eigenvalue weighted by atomic mass is 19.4. The molecule has 4 nitrogen and oxygen atoms in total. The fraction of sp³-hybridized carbons (Fsp3) is 0.143. The number of carbonyl (C=O) groups excluding carboxylic acids is 1. The first-order valence-corrected chi connectivity index (χ1v) is 8.72. The number of aromatic nitrogens is 1. The fourth-order valence-electron chi connectivity index (χ4n) is 3.25. The van der Waals surface area contributed by atoms with Gasteiger partial charge in [0.25, 0.3) is 5.91 Å². The molecule has 0 saturated heterocycles. The molecule has 4 rings (SSSR count). The number of rotatable bonds is 3. The van der Waals surface area contributed by atoms with Crippen LogP contribution < -0.4 is 10.2 Å². The Morgan fingerprint density at radius 2 is 1.86 bits per heavy atom. The minimum absolute atomic E-state index is 0.0687. The third kappa shape index (κ3) is 3.55. The van der Waals surface area contributed by atoms with E-state index >= 15 is 0 Å². The van der Waals surface area contributed by atoms with Crippen molar-refractivity contribution in [3.05, 3.63) is 83.7 Å². The van der Waals surface area contributed by atoms with Crippen LogP contribution in [-0.2, 0) is 12.6 Å². The van der Waals surface area contributed by atoms with Gasteiger partial charge < -0.3 is 10.2 Å². The van der Waals surface area contributed by atoms with Crippen molar-refractivity contribution in [1.82, 2.24) is 4.98 Å². The Balaban J connectivity index is 1.50. The summed E-state index contributed by atoms with van der Waals surface area (Å²) in [5.41, 5.74) is 2.62. The van der Waals surface area contributed by atoms with Crippen LogP contribution in [0.4, 0.5) is 30.2 Å². The molecule has 142 valence electrons. The average molecular weight is 383 g/mol. The molecule has 0 radical (unpaired) electrons. The molecule has 0 aliphatic carbocycles. The average Bonchev–Trinajstić information content (AvgIpc) is 3.12. The second-order valence-electron chi connectivity index (χ2n) is 6.46. The summed E-state index contributed by atoms with van der Waals surface area (Å²) in [4.78, 5) is 18.6. The number of hydrogen-bond donors (Lipinski definition) is 1. The lowest BCUT2D eigenvalue weighted by Crippen LogP contribution is -2.16. The van der Waals surface area contributed by atoms with Crippen LogP contribution in [0.1, 0.15) is 21.6 Å². The minimum Gasteiger partial charge on any atom is -0.340 e. The van der Waals surface area contributed by atoms with E-state index in [1.54, 1.807) is 18.3 Å². The van der Waals surface area contributed by atoms with Crippen LogP contribution in [0.25, 0.3) is 0 Å². The van der Waals surface area contributed by atoms with Gasteiger partial charge in [-0.05, 0) is 48.4 Å². The normalized spacial score (nSPS) is 13.3. The SMILES string of the molecule is O=C(Nc1cccc(C(F)(F)F)c1)c1ccc(N2CCc3ccccc32)cn1. The number of anilines is 3. The predicted molar refractivity (Wildman–Crippen MR) is 101 cm³/mol. The van der Waals surface area contributed by atoms with Gasteiger partial charge in [-0.15, -0.1) is 0 Å². The Labute approximate surface area is 159 Å². The lowest BCUT2D eigenvalue weighted by atomic mass is 10.2. The second-order valence-corrected chi connectivity index (χ2v) is 6.46. The lowest BCUT2D eigenvalue weighted by Gasteiger charge is -2.19. The van der Waals surface area contributed by atoms with E-state index in [0.29, 0.717) is 0 Å². The molecule has 1 aliphatic rings. The molecule has 0 saturated carbocycles. The topological polar surface area (TPSA) is 45.2 Å². The van der Waals surface area contributed by atoms with Crippen molar-refractivity contribution in [3.8, 4) is 0 Å². The first-order valence-electron chi connectivity index (χ1n) is 8.72. The van der Waals surface area contributed by atoms with Gasteiger partial charge in [-0.3, -0.25) is 4.79 Å². The maximum atomic E-state index is 12.8. The smallest absolute Gasteiger partial charge is 0.340 e. The molecule has 0 bridgehead atoms. The van der Waals surface area contributed by atoms with Crippen LogP contribution in [0.15, 0.2) is 66.9 Å². The second kappa shape index (κ2) is 6.99. The molecular weight excluding hydrogens is 367 g/mol. The van der Waals surface area contributed by atoms with Crippen molar-refractivity contribution in [2.75, 3.05) is 16.8 Å². The molecule has 0 atom stereocenters. The molecule has 0 fully saturated rings. The maximum absolute atomic E-state index is 12.8. The van der Waals surface area contributed by atoms with Crippen molar-refractivity contribution >= 4 is 23.0 Å². The summed E-state index contributed by atoms with van der Waals surface area (Å²) >= 11 is 0. The van der Waals surface area contributed by atoms with Crippen LogP contribution in [0.3, 0.4) is 0 Å². The fourth-order valence-corrected chi connectivity index (χ4v) is 3.25. The number of pyridine rings is 1. The first-order chi connectivity index (χ1) is 13.4. The van der Waals surface area contributed by atoms with E-state index in [2.05, 4.69) is 21.3 Å². The van der Waals surface area contributed by atoms with Gasteiger partial charge in [0.1, 0.15) is 5.69 Å². The summed E-state index contributed by atoms with van der Waals surface area (Å²) in [6.07, 6.45) is -1.93. The molecule has 28 heavy (non-hydrogen) atoms. The third-order valence-corrected chi connectivity index (χ3v) is 4.63. The van der Waals surface area contributed by atoms with E-state index in [-0.39, 0.29) is 11.4 Å². The number of alkyl halides is 3. The van der Waals surface area contributed by atoms with Crippen molar-refractivity contribution in [3.63, 3.8) is 0 Å². The third-order valence-electron chi connectivity index (χ3n) is 4.63. The quantitative estimate of drug-likeness (QED) is 0.689. The van der Waals surface area contributed by atoms with Crippen LogP contribution in [0, 0.1) is 0 Å². The number of amides is 1. The monoisotopic (exact) mass is 383 g/mol. The van der Waals surface area contributed by atoms with E-state index in [9.17, 15) is 18.0 Å². The zero-order valence-corrected chi connectivity index (χ0v) is 14.7. The molecule has 7 heteroatoms. The van der Waals surface area contributed by atoms with E-state index in [1.165, 1.54) is 17.7 Å². The molecule has 3 aromatic rings. The molecule has 2 heterocycles. The summed E-state index contributed by atoms with van der Waals surface area (Å²) < 4.78 is 38.4. The molecule has 2 aromatic carbocycles. The van der Waals surface area contributed by atoms with Crippen molar-refractivity contribution in [2.24, 2.45) is 0 Å². The highest BCUT2D eigenvalue weighted by molar-refractivity contribution is 6.03. The number of fused-ring (bicyclic) bond motifs is 1. The standard InChI is InChI=1S/C21H16F3N3O/c22-21(23,24)15-5-3-6-16(12-15)26-20(28)18-9-8-17(13-25-18)27-11-10-14-4-1-2-7-19(14)27/h1-9,12-13H,10-11H2,(H,26,28). The number of carbonyl (C=O) groups is 1. The number of hydrogen-bond acceptors (Lipinski definition) is 3. The van der Waals surface area contributed by atoms with E-state index in [0.717, 1.165) is 36.5 Å². The van der Waals surface area contributed by atoms with E-state index in [4.69, 9.17) is 0 Å². The predicted octanol–water partition coefficient (Wildman–Crippen LogP) is 5.05. The van der Waals surface area contributed by atoms with Gasteiger partial charge in [0, 0.05) is 17.9 Å². The molecule has 1 amide bonds. The highest BCUT2D eigenvalue weighted by Crippen LogP contribution is 2.34. The van der Waals surface area contributed by atoms with E-state index < -0.39 is 17.6 Å². The van der Waals surface area contributed by atoms with Gasteiger partial charge in [0.15, 0.2) is 0 Å². The summed E-state index contributed by atoms with van der Waals surface area (Å²) in [7, 11) is 0. The Bertz CT molecular complexity index is 1020. The molecule has 1 N–H and O–H groups in total. The van der Waals surface area contributed by atoms with Gasteiger partial charge in [-0.2, -0.15) is 13.2 Å². The number of nitrogens with zero attached hydrogens (tertiary/aromatic N) is 2. The van der Waals surface area contributed by atoms with Gasteiger partial charge >= 0.3 is 6.18 Å². The Kier molecular flexibility index (Phi) is 4.50. The van der Waals surface area contributed by atoms with Crippen LogP contribution >= 0.6 is 0 Å². The summed E-state index contributed by atoms with van der Waals surface area (Å²) in [6, 6.07) is 16.0. The summed E-state index contributed by atoms with van der Waals surface area (Å²) in [5.74, 6) is -0.562. The van der Waals surface area contributed by atoms with Crippen molar-refractivity contribution in [1.29, 1.82) is 0 Å². The Hall–Kier alpha value is -3.35. The first kappa shape index (κ1) is 18.0. The van der Waals surface area contributed by atoms with Crippen molar-refractivity contribution in [2.45, 2.75) is 12.6 Å². The summed E-state index contributed by atoms with van der Waals surface area (Å²) in [6.45, 7) is 0.830. The van der Waals surface area contributed by atoms with E-state index in [1.807, 2.05) is 18.2 Å². The van der Waals surface area contributed by atoms with Crippen LogP contribution in [-0.4, -0.2) is 17.4 Å². The van der Waals surface area contributed by atoms with Gasteiger partial charge in [0.05, 0.1) is 17.4 Å².